The summed E-state index contributed by atoms with van der Waals surface area (Å²) < 4.78 is 0. The number of rotatable bonds is 4. The van der Waals surface area contributed by atoms with E-state index in [1.54, 1.807) is 0 Å². The van der Waals surface area contributed by atoms with Crippen LogP contribution >= 0.6 is 0 Å². The summed E-state index contributed by atoms with van der Waals surface area (Å²) in [4.78, 5) is 0. The average molecular weight is 160 g/mol. The molecule has 0 saturated heterocycles. The van der Waals surface area contributed by atoms with Crippen LogP contribution in [-0.2, 0) is 0 Å². The van der Waals surface area contributed by atoms with Crippen molar-refractivity contribution >= 4 is 8.07 Å². The highest BCUT2D eigenvalue weighted by atomic mass is 28.3. The zero-order chi connectivity index (χ0) is 8.20. The smallest absolute Gasteiger partial charge is 0.0456 e. The van der Waals surface area contributed by atoms with Crippen molar-refractivity contribution in [1.29, 1.82) is 0 Å². The van der Waals surface area contributed by atoms with Gasteiger partial charge < -0.3 is 5.11 Å². The van der Waals surface area contributed by atoms with E-state index in [1.807, 2.05) is 0 Å². The summed E-state index contributed by atoms with van der Waals surface area (Å²) in [5, 5.41) is 8.91. The summed E-state index contributed by atoms with van der Waals surface area (Å²) in [7, 11) is -0.922. The molecule has 0 fully saturated rings. The van der Waals surface area contributed by atoms with Gasteiger partial charge in [0.25, 0.3) is 0 Å². The van der Waals surface area contributed by atoms with Crippen molar-refractivity contribution in [3.8, 4) is 0 Å². The van der Waals surface area contributed by atoms with Gasteiger partial charge in [-0.2, -0.15) is 0 Å². The first kappa shape index (κ1) is 10.2. The Hall–Kier alpha value is 0.177. The van der Waals surface area contributed by atoms with Crippen molar-refractivity contribution in [2.24, 2.45) is 5.92 Å². The van der Waals surface area contributed by atoms with Crippen LogP contribution in [0.4, 0.5) is 0 Å². The van der Waals surface area contributed by atoms with E-state index in [0.29, 0.717) is 12.5 Å². The highest BCUT2D eigenvalue weighted by Crippen LogP contribution is 2.18. The van der Waals surface area contributed by atoms with Crippen molar-refractivity contribution in [3.63, 3.8) is 0 Å². The molecule has 0 aromatic rings. The fourth-order valence-corrected chi connectivity index (χ4v) is 3.35. The van der Waals surface area contributed by atoms with Crippen molar-refractivity contribution in [1.82, 2.24) is 0 Å². The van der Waals surface area contributed by atoms with E-state index in [1.165, 1.54) is 6.04 Å². The van der Waals surface area contributed by atoms with E-state index in [9.17, 15) is 0 Å². The molecule has 0 aliphatic rings. The molecule has 1 nitrogen and oxygen atoms in total. The zero-order valence-electron chi connectivity index (χ0n) is 7.65. The summed E-state index contributed by atoms with van der Waals surface area (Å²) in [6, 6.07) is 1.26. The van der Waals surface area contributed by atoms with Gasteiger partial charge in [0.15, 0.2) is 0 Å². The molecule has 0 aromatic carbocycles. The van der Waals surface area contributed by atoms with Gasteiger partial charge in [-0.25, -0.2) is 0 Å². The highest BCUT2D eigenvalue weighted by Gasteiger charge is 2.18. The fraction of sp³-hybridized carbons (Fsp3) is 1.00. The quantitative estimate of drug-likeness (QED) is 0.626. The maximum Gasteiger partial charge on any atom is 0.0456 e. The topological polar surface area (TPSA) is 20.2 Å². The van der Waals surface area contributed by atoms with Gasteiger partial charge >= 0.3 is 0 Å². The van der Waals surface area contributed by atoms with Crippen LogP contribution in [-0.4, -0.2) is 19.8 Å². The van der Waals surface area contributed by atoms with Gasteiger partial charge in [0, 0.05) is 14.7 Å². The van der Waals surface area contributed by atoms with Crippen molar-refractivity contribution in [2.75, 3.05) is 6.61 Å². The van der Waals surface area contributed by atoms with E-state index in [-0.39, 0.29) is 0 Å². The summed E-state index contributed by atoms with van der Waals surface area (Å²) in [5.41, 5.74) is 0. The predicted molar refractivity (Wildman–Crippen MR) is 49.0 cm³/mol. The summed E-state index contributed by atoms with van der Waals surface area (Å²) in [5.74, 6) is 0.562. The Morgan fingerprint density at radius 1 is 1.30 bits per heavy atom. The third-order valence-corrected chi connectivity index (χ3v) is 3.54. The van der Waals surface area contributed by atoms with Crippen molar-refractivity contribution < 1.29 is 5.11 Å². The minimum Gasteiger partial charge on any atom is -0.396 e. The second-order valence-corrected chi connectivity index (χ2v) is 9.75. The van der Waals surface area contributed by atoms with Crippen LogP contribution in [0, 0.1) is 5.92 Å². The average Bonchev–Trinajstić information content (AvgIpc) is 1.81. The van der Waals surface area contributed by atoms with Gasteiger partial charge in [-0.1, -0.05) is 39.0 Å². The number of aliphatic hydroxyl groups excluding tert-OH is 1. The molecule has 0 heterocycles. The molecule has 0 aromatic heterocycles. The molecule has 1 N–H and O–H groups in total. The number of aliphatic hydroxyl groups is 1. The zero-order valence-corrected chi connectivity index (χ0v) is 8.65. The maximum absolute atomic E-state index is 8.91. The Kier molecular flexibility index (Phi) is 4.21. The molecule has 2 heteroatoms. The Labute approximate surface area is 65.5 Å². The number of hydrogen-bond acceptors (Lipinski definition) is 1. The lowest BCUT2D eigenvalue weighted by Gasteiger charge is -2.21. The predicted octanol–water partition coefficient (Wildman–Crippen LogP) is 2.34. The lowest BCUT2D eigenvalue weighted by Crippen LogP contribution is -2.25. The van der Waals surface area contributed by atoms with Crippen LogP contribution < -0.4 is 0 Å². The summed E-state index contributed by atoms with van der Waals surface area (Å²) >= 11 is 0. The molecule has 10 heavy (non-hydrogen) atoms. The Morgan fingerprint density at radius 2 is 1.80 bits per heavy atom. The molecule has 0 aliphatic carbocycles. The molecular formula is C8H20OSi. The number of hydrogen-bond donors (Lipinski definition) is 1. The normalized spacial score (nSPS) is 15.3. The van der Waals surface area contributed by atoms with Crippen LogP contribution in [0.1, 0.15) is 13.3 Å². The standard InChI is InChI=1S/C8H20OSi/c1-5-8(6-9)7-10(2,3)4/h8-9H,5-7H2,1-4H3. The van der Waals surface area contributed by atoms with E-state index < -0.39 is 8.07 Å². The van der Waals surface area contributed by atoms with Crippen LogP contribution in [0.25, 0.3) is 0 Å². The Bertz CT molecular complexity index is 81.7. The second-order valence-electron chi connectivity index (χ2n) is 4.22. The molecule has 0 aliphatic heterocycles. The van der Waals surface area contributed by atoms with Crippen LogP contribution in [0.5, 0.6) is 0 Å². The lowest BCUT2D eigenvalue weighted by molar-refractivity contribution is 0.233. The van der Waals surface area contributed by atoms with Gasteiger partial charge in [-0.05, 0) is 5.92 Å². The first-order chi connectivity index (χ1) is 4.49. The first-order valence-electron chi connectivity index (χ1n) is 4.10. The van der Waals surface area contributed by atoms with Crippen molar-refractivity contribution in [3.05, 3.63) is 0 Å². The molecule has 62 valence electrons. The molecule has 1 unspecified atom stereocenters. The Morgan fingerprint density at radius 3 is 1.90 bits per heavy atom. The van der Waals surface area contributed by atoms with Gasteiger partial charge in [0.2, 0.25) is 0 Å². The summed E-state index contributed by atoms with van der Waals surface area (Å²) in [6.07, 6.45) is 1.13. The van der Waals surface area contributed by atoms with Gasteiger partial charge in [0.1, 0.15) is 0 Å². The maximum atomic E-state index is 8.91. The highest BCUT2D eigenvalue weighted by molar-refractivity contribution is 6.76. The molecule has 0 spiro atoms. The molecule has 0 saturated carbocycles. The monoisotopic (exact) mass is 160 g/mol. The van der Waals surface area contributed by atoms with E-state index in [2.05, 4.69) is 26.6 Å². The van der Waals surface area contributed by atoms with Gasteiger partial charge in [0.05, 0.1) is 0 Å². The molecule has 0 amide bonds. The fourth-order valence-electron chi connectivity index (χ4n) is 1.20. The molecule has 0 rings (SSSR count). The van der Waals surface area contributed by atoms with Gasteiger partial charge in [-0.3, -0.25) is 0 Å². The minimum atomic E-state index is -0.922. The molecular weight excluding hydrogens is 140 g/mol. The molecule has 0 radical (unpaired) electrons. The molecule has 0 bridgehead atoms. The molecule has 1 atom stereocenters. The largest absolute Gasteiger partial charge is 0.396 e. The van der Waals surface area contributed by atoms with Crippen LogP contribution in [0.15, 0.2) is 0 Å². The van der Waals surface area contributed by atoms with Crippen molar-refractivity contribution in [2.45, 2.75) is 39.0 Å². The third-order valence-electron chi connectivity index (χ3n) is 1.74. The minimum absolute atomic E-state index is 0.376. The summed E-state index contributed by atoms with van der Waals surface area (Å²) in [6.45, 7) is 9.59. The third kappa shape index (κ3) is 5.00. The van der Waals surface area contributed by atoms with E-state index in [4.69, 9.17) is 5.11 Å². The van der Waals surface area contributed by atoms with Crippen LogP contribution in [0.2, 0.25) is 25.7 Å². The van der Waals surface area contributed by atoms with E-state index in [0.717, 1.165) is 6.42 Å². The SMILES string of the molecule is CCC(CO)C[Si](C)(C)C. The second kappa shape index (κ2) is 4.14. The first-order valence-corrected chi connectivity index (χ1v) is 7.81. The van der Waals surface area contributed by atoms with Gasteiger partial charge in [-0.15, -0.1) is 0 Å². The van der Waals surface area contributed by atoms with Crippen LogP contribution in [0.3, 0.4) is 0 Å². The van der Waals surface area contributed by atoms with E-state index >= 15 is 0 Å². The Balaban J connectivity index is 3.63. The lowest BCUT2D eigenvalue weighted by atomic mass is 10.1.